The molecule has 1 aromatic carbocycles. The minimum atomic E-state index is 0.121. The van der Waals surface area contributed by atoms with Gasteiger partial charge in [0.05, 0.1) is 19.8 Å². The van der Waals surface area contributed by atoms with E-state index in [0.29, 0.717) is 30.1 Å². The number of methoxy groups -OCH3 is 2. The van der Waals surface area contributed by atoms with Gasteiger partial charge in [-0.05, 0) is 54.7 Å². The van der Waals surface area contributed by atoms with Crippen molar-refractivity contribution in [2.45, 2.75) is 50.6 Å². The lowest BCUT2D eigenvalue weighted by Crippen LogP contribution is -3.00. The Hall–Kier alpha value is -1.75. The molecule has 4 bridgehead atoms. The number of ether oxygens (including phenoxy) is 2. The fraction of sp³-hybridized carbons (Fsp3) is 0.667. The summed E-state index contributed by atoms with van der Waals surface area (Å²) >= 11 is 0. The number of quaternary nitrogens is 1. The molecule has 0 radical (unpaired) electrons. The molecule has 5 heteroatoms. The first-order chi connectivity index (χ1) is 12.6. The molecule has 1 amide bonds. The van der Waals surface area contributed by atoms with E-state index < -0.39 is 0 Å². The number of carbonyl (C=O) groups is 1. The van der Waals surface area contributed by atoms with Crippen molar-refractivity contribution in [2.24, 2.45) is 17.8 Å². The van der Waals surface area contributed by atoms with Crippen molar-refractivity contribution >= 4 is 5.91 Å². The van der Waals surface area contributed by atoms with Crippen molar-refractivity contribution in [3.8, 4) is 11.5 Å². The largest absolute Gasteiger partial charge is 0.493 e. The monoisotopic (exact) mass is 359 g/mol. The molecular weight excluding hydrogens is 328 g/mol. The summed E-state index contributed by atoms with van der Waals surface area (Å²) < 4.78 is 10.6. The minimum absolute atomic E-state index is 0.121. The molecule has 26 heavy (non-hydrogen) atoms. The average molecular weight is 359 g/mol. The molecule has 4 saturated carbocycles. The topological polar surface area (TPSA) is 64.2 Å². The number of rotatable bonds is 7. The maximum Gasteiger partial charge on any atom is 0.275 e. The van der Waals surface area contributed by atoms with Crippen LogP contribution in [0, 0.1) is 17.8 Å². The van der Waals surface area contributed by atoms with Gasteiger partial charge in [-0.25, -0.2) is 0 Å². The summed E-state index contributed by atoms with van der Waals surface area (Å²) in [6, 6.07) is 5.76. The van der Waals surface area contributed by atoms with Gasteiger partial charge in [-0.3, -0.25) is 4.79 Å². The Morgan fingerprint density at radius 1 is 1.08 bits per heavy atom. The van der Waals surface area contributed by atoms with Crippen LogP contribution in [0.4, 0.5) is 0 Å². The molecule has 4 aliphatic carbocycles. The maximum atomic E-state index is 12.4. The Kier molecular flexibility index (Phi) is 4.82. The molecule has 0 aromatic heterocycles. The minimum Gasteiger partial charge on any atom is -0.493 e. The smallest absolute Gasteiger partial charge is 0.275 e. The van der Waals surface area contributed by atoms with Crippen molar-refractivity contribution < 1.29 is 19.6 Å². The lowest BCUT2D eigenvalue weighted by molar-refractivity contribution is -0.730. The third-order valence-electron chi connectivity index (χ3n) is 6.74. The standard InChI is InChI=1S/C21H30N2O3/c1-25-18-4-3-14(8-19(18)26-2)12-22-20(24)13-23-21-9-15-5-16(10-21)7-17(6-15)11-21/h3-4,8,15-17,23H,5-7,9-13H2,1-2H3,(H,22,24)/p+1. The number of benzene rings is 1. The predicted molar refractivity (Wildman–Crippen MR) is 99.1 cm³/mol. The van der Waals surface area contributed by atoms with Gasteiger partial charge in [0.1, 0.15) is 0 Å². The summed E-state index contributed by atoms with van der Waals surface area (Å²) in [6.07, 6.45) is 8.29. The van der Waals surface area contributed by atoms with Gasteiger partial charge in [0.2, 0.25) is 0 Å². The lowest BCUT2D eigenvalue weighted by Gasteiger charge is -2.54. The molecule has 5 nitrogen and oxygen atoms in total. The molecule has 142 valence electrons. The molecule has 4 fully saturated rings. The molecule has 0 unspecified atom stereocenters. The van der Waals surface area contributed by atoms with Crippen molar-refractivity contribution in [3.05, 3.63) is 23.8 Å². The number of amides is 1. The van der Waals surface area contributed by atoms with Crippen LogP contribution in [0.25, 0.3) is 0 Å². The van der Waals surface area contributed by atoms with E-state index in [1.54, 1.807) is 14.2 Å². The van der Waals surface area contributed by atoms with Gasteiger partial charge in [-0.2, -0.15) is 0 Å². The molecule has 0 atom stereocenters. The molecule has 4 aliphatic rings. The van der Waals surface area contributed by atoms with Crippen LogP contribution in [0.3, 0.4) is 0 Å². The van der Waals surface area contributed by atoms with Gasteiger partial charge in [-0.15, -0.1) is 0 Å². The van der Waals surface area contributed by atoms with Crippen molar-refractivity contribution in [3.63, 3.8) is 0 Å². The highest BCUT2D eigenvalue weighted by Gasteiger charge is 2.53. The van der Waals surface area contributed by atoms with E-state index in [-0.39, 0.29) is 5.91 Å². The Morgan fingerprint density at radius 2 is 1.69 bits per heavy atom. The van der Waals surface area contributed by atoms with E-state index in [0.717, 1.165) is 23.3 Å². The Morgan fingerprint density at radius 3 is 2.27 bits per heavy atom. The van der Waals surface area contributed by atoms with Crippen molar-refractivity contribution in [1.29, 1.82) is 0 Å². The van der Waals surface area contributed by atoms with Gasteiger partial charge in [0.25, 0.3) is 5.91 Å². The Labute approximate surface area is 155 Å². The van der Waals surface area contributed by atoms with Crippen LogP contribution >= 0.6 is 0 Å². The van der Waals surface area contributed by atoms with Crippen molar-refractivity contribution in [1.82, 2.24) is 5.32 Å². The zero-order valence-electron chi connectivity index (χ0n) is 15.9. The van der Waals surface area contributed by atoms with Crippen LogP contribution in [0.2, 0.25) is 0 Å². The highest BCUT2D eigenvalue weighted by Crippen LogP contribution is 2.54. The second-order valence-electron chi connectivity index (χ2n) is 8.65. The van der Waals surface area contributed by atoms with Gasteiger partial charge >= 0.3 is 0 Å². The van der Waals surface area contributed by atoms with Crippen molar-refractivity contribution in [2.75, 3.05) is 20.8 Å². The summed E-state index contributed by atoms with van der Waals surface area (Å²) in [7, 11) is 3.25. The van der Waals surface area contributed by atoms with Crippen LogP contribution in [0.1, 0.15) is 44.1 Å². The van der Waals surface area contributed by atoms with Gasteiger partial charge in [0, 0.05) is 25.8 Å². The molecule has 0 spiro atoms. The third kappa shape index (κ3) is 3.54. The normalized spacial score (nSPS) is 31.7. The SMILES string of the molecule is COc1ccc(CNC(=O)C[NH2+]C23CC4CC(CC(C4)C2)C3)cc1OC. The van der Waals surface area contributed by atoms with Gasteiger partial charge < -0.3 is 20.1 Å². The number of hydrogen-bond donors (Lipinski definition) is 2. The molecule has 0 heterocycles. The first-order valence-corrected chi connectivity index (χ1v) is 9.91. The third-order valence-corrected chi connectivity index (χ3v) is 6.74. The van der Waals surface area contributed by atoms with Gasteiger partial charge in [-0.1, -0.05) is 6.07 Å². The summed E-state index contributed by atoms with van der Waals surface area (Å²) in [6.45, 7) is 1.06. The lowest BCUT2D eigenvalue weighted by atomic mass is 9.53. The van der Waals surface area contributed by atoms with E-state index in [4.69, 9.17) is 9.47 Å². The summed E-state index contributed by atoms with van der Waals surface area (Å²) in [5.41, 5.74) is 1.38. The number of carbonyl (C=O) groups excluding carboxylic acids is 1. The molecule has 0 saturated heterocycles. The predicted octanol–water partition coefficient (Wildman–Crippen LogP) is 1.85. The highest BCUT2D eigenvalue weighted by molar-refractivity contribution is 5.76. The van der Waals surface area contributed by atoms with E-state index in [9.17, 15) is 4.79 Å². The first kappa shape index (κ1) is 17.7. The second-order valence-corrected chi connectivity index (χ2v) is 8.65. The van der Waals surface area contributed by atoms with Crippen LogP contribution in [-0.2, 0) is 11.3 Å². The molecular formula is C21H31N2O3+. The van der Waals surface area contributed by atoms with E-state index >= 15 is 0 Å². The number of nitrogens with one attached hydrogen (secondary N) is 1. The average Bonchev–Trinajstić information content (AvgIpc) is 2.63. The second kappa shape index (κ2) is 7.10. The molecule has 1 aromatic rings. The quantitative estimate of drug-likeness (QED) is 0.781. The number of hydrogen-bond acceptors (Lipinski definition) is 3. The Balaban J connectivity index is 1.28. The van der Waals surface area contributed by atoms with Crippen LogP contribution < -0.4 is 20.1 Å². The Bertz CT molecular complexity index is 638. The fourth-order valence-corrected chi connectivity index (χ4v) is 6.00. The summed E-state index contributed by atoms with van der Waals surface area (Å²) in [4.78, 5) is 12.4. The molecule has 3 N–H and O–H groups in total. The van der Waals surface area contributed by atoms with Crippen LogP contribution in [0.15, 0.2) is 18.2 Å². The van der Waals surface area contributed by atoms with Crippen LogP contribution in [-0.4, -0.2) is 32.2 Å². The first-order valence-electron chi connectivity index (χ1n) is 9.91. The van der Waals surface area contributed by atoms with E-state index in [1.165, 1.54) is 38.5 Å². The van der Waals surface area contributed by atoms with Crippen LogP contribution in [0.5, 0.6) is 11.5 Å². The highest BCUT2D eigenvalue weighted by atomic mass is 16.5. The number of nitrogens with two attached hydrogens (primary N) is 1. The maximum absolute atomic E-state index is 12.4. The summed E-state index contributed by atoms with van der Waals surface area (Å²) in [5, 5.41) is 5.42. The van der Waals surface area contributed by atoms with Gasteiger partial charge in [0.15, 0.2) is 18.0 Å². The van der Waals surface area contributed by atoms with E-state index in [1.807, 2.05) is 18.2 Å². The van der Waals surface area contributed by atoms with E-state index in [2.05, 4.69) is 10.6 Å². The molecule has 5 rings (SSSR count). The summed E-state index contributed by atoms with van der Waals surface area (Å²) in [5.74, 6) is 4.29. The zero-order chi connectivity index (χ0) is 18.1. The zero-order valence-corrected chi connectivity index (χ0v) is 15.9. The fourth-order valence-electron chi connectivity index (χ4n) is 6.00. The molecule has 0 aliphatic heterocycles.